The number of anilines is 1. The van der Waals surface area contributed by atoms with Crippen LogP contribution in [0.15, 0.2) is 23.1 Å². The van der Waals surface area contributed by atoms with E-state index in [1.54, 1.807) is 0 Å². The van der Waals surface area contributed by atoms with Crippen LogP contribution < -0.4 is 5.32 Å². The van der Waals surface area contributed by atoms with Gasteiger partial charge in [-0.3, -0.25) is 4.79 Å². The van der Waals surface area contributed by atoms with Crippen molar-refractivity contribution in [3.8, 4) is 0 Å². The Hall–Kier alpha value is -1.19. The third kappa shape index (κ3) is 5.13. The molecule has 19 heavy (non-hydrogen) atoms. The SMILES string of the molecule is CS(=O)(=O)CC(=O)Nc1ccc(S(=O)(=O)Cl)c(F)c1. The van der Waals surface area contributed by atoms with Gasteiger partial charge in [0, 0.05) is 22.6 Å². The predicted molar refractivity (Wildman–Crippen MR) is 67.8 cm³/mol. The maximum Gasteiger partial charge on any atom is 0.264 e. The quantitative estimate of drug-likeness (QED) is 0.821. The summed E-state index contributed by atoms with van der Waals surface area (Å²) in [7, 11) is -2.75. The molecule has 0 aromatic heterocycles. The monoisotopic (exact) mass is 329 g/mol. The van der Waals surface area contributed by atoms with Crippen LogP contribution in [0.3, 0.4) is 0 Å². The fourth-order valence-corrected chi connectivity index (χ4v) is 2.66. The molecule has 0 radical (unpaired) electrons. The second-order valence-corrected chi connectivity index (χ2v) is 8.38. The molecule has 0 saturated heterocycles. The van der Waals surface area contributed by atoms with Gasteiger partial charge in [0.1, 0.15) is 16.5 Å². The van der Waals surface area contributed by atoms with Crippen LogP contribution in [-0.4, -0.2) is 34.8 Å². The molecule has 0 fully saturated rings. The summed E-state index contributed by atoms with van der Waals surface area (Å²) in [5.41, 5.74) is -0.0739. The van der Waals surface area contributed by atoms with Crippen LogP contribution >= 0.6 is 10.7 Å². The lowest BCUT2D eigenvalue weighted by atomic mass is 10.3. The average molecular weight is 330 g/mol. The Balaban J connectivity index is 2.95. The van der Waals surface area contributed by atoms with Crippen LogP contribution in [0, 0.1) is 5.82 Å². The van der Waals surface area contributed by atoms with E-state index in [1.165, 1.54) is 0 Å². The number of rotatable bonds is 4. The van der Waals surface area contributed by atoms with Crippen LogP contribution in [-0.2, 0) is 23.7 Å². The zero-order valence-electron chi connectivity index (χ0n) is 9.55. The molecule has 0 heterocycles. The molecule has 0 aliphatic rings. The fourth-order valence-electron chi connectivity index (χ4n) is 1.21. The first kappa shape index (κ1) is 15.9. The molecule has 0 unspecified atom stereocenters. The molecule has 0 spiro atoms. The van der Waals surface area contributed by atoms with Crippen molar-refractivity contribution in [2.75, 3.05) is 17.3 Å². The molecule has 0 saturated carbocycles. The van der Waals surface area contributed by atoms with Crippen molar-refractivity contribution in [3.63, 3.8) is 0 Å². The third-order valence-corrected chi connectivity index (χ3v) is 4.01. The van der Waals surface area contributed by atoms with Crippen molar-refractivity contribution in [1.29, 1.82) is 0 Å². The van der Waals surface area contributed by atoms with Gasteiger partial charge in [0.25, 0.3) is 9.05 Å². The molecule has 1 rings (SSSR count). The molecule has 1 N–H and O–H groups in total. The van der Waals surface area contributed by atoms with E-state index in [1.807, 2.05) is 0 Å². The minimum absolute atomic E-state index is 0.0739. The van der Waals surface area contributed by atoms with E-state index >= 15 is 0 Å². The molecule has 0 bridgehead atoms. The van der Waals surface area contributed by atoms with E-state index < -0.39 is 41.3 Å². The zero-order valence-corrected chi connectivity index (χ0v) is 11.9. The Kier molecular flexibility index (Phi) is 4.54. The molecule has 0 aliphatic carbocycles. The highest BCUT2D eigenvalue weighted by molar-refractivity contribution is 8.13. The number of benzene rings is 1. The first-order valence-electron chi connectivity index (χ1n) is 4.71. The van der Waals surface area contributed by atoms with E-state index in [-0.39, 0.29) is 5.69 Å². The normalized spacial score (nSPS) is 12.2. The lowest BCUT2D eigenvalue weighted by Gasteiger charge is -2.06. The molecule has 6 nitrogen and oxygen atoms in total. The second kappa shape index (κ2) is 5.43. The van der Waals surface area contributed by atoms with Crippen molar-refractivity contribution in [1.82, 2.24) is 0 Å². The summed E-state index contributed by atoms with van der Waals surface area (Å²) in [6.45, 7) is 0. The number of hydrogen-bond donors (Lipinski definition) is 1. The van der Waals surface area contributed by atoms with E-state index in [4.69, 9.17) is 10.7 Å². The van der Waals surface area contributed by atoms with Gasteiger partial charge in [-0.15, -0.1) is 0 Å². The molecular weight excluding hydrogens is 321 g/mol. The standard InChI is InChI=1S/C9H9ClFNO5S2/c1-18(14,15)5-9(13)12-6-2-3-8(7(11)4-6)19(10,16)17/h2-4H,5H2,1H3,(H,12,13). The molecule has 1 amide bonds. The molecular formula is C9H9ClFNO5S2. The van der Waals surface area contributed by atoms with Gasteiger partial charge in [-0.2, -0.15) is 0 Å². The fraction of sp³-hybridized carbons (Fsp3) is 0.222. The Morgan fingerprint density at radius 2 is 1.89 bits per heavy atom. The summed E-state index contributed by atoms with van der Waals surface area (Å²) in [6, 6.07) is 2.70. The van der Waals surface area contributed by atoms with Crippen molar-refractivity contribution >= 4 is 41.2 Å². The van der Waals surface area contributed by atoms with Crippen molar-refractivity contribution in [3.05, 3.63) is 24.0 Å². The van der Waals surface area contributed by atoms with Gasteiger partial charge in [-0.25, -0.2) is 21.2 Å². The van der Waals surface area contributed by atoms with Crippen molar-refractivity contribution in [2.45, 2.75) is 4.90 Å². The van der Waals surface area contributed by atoms with Gasteiger partial charge in [0.15, 0.2) is 9.84 Å². The van der Waals surface area contributed by atoms with Crippen LogP contribution in [0.4, 0.5) is 10.1 Å². The van der Waals surface area contributed by atoms with Gasteiger partial charge in [0.2, 0.25) is 5.91 Å². The Labute approximate surface area is 113 Å². The topological polar surface area (TPSA) is 97.4 Å². The molecule has 1 aromatic rings. The molecule has 0 atom stereocenters. The zero-order chi connectivity index (χ0) is 14.8. The summed E-state index contributed by atoms with van der Waals surface area (Å²) in [6.07, 6.45) is 0.871. The summed E-state index contributed by atoms with van der Waals surface area (Å²) in [5.74, 6) is -2.76. The highest BCUT2D eigenvalue weighted by Gasteiger charge is 2.17. The predicted octanol–water partition coefficient (Wildman–Crippen LogP) is 0.736. The molecule has 1 aromatic carbocycles. The average Bonchev–Trinajstić information content (AvgIpc) is 2.11. The van der Waals surface area contributed by atoms with Crippen LogP contribution in [0.5, 0.6) is 0 Å². The van der Waals surface area contributed by atoms with E-state index in [0.29, 0.717) is 0 Å². The van der Waals surface area contributed by atoms with Crippen LogP contribution in [0.25, 0.3) is 0 Å². The third-order valence-electron chi connectivity index (χ3n) is 1.87. The van der Waals surface area contributed by atoms with Gasteiger partial charge in [0.05, 0.1) is 0 Å². The minimum Gasteiger partial charge on any atom is -0.325 e. The Bertz CT molecular complexity index is 714. The highest BCUT2D eigenvalue weighted by atomic mass is 35.7. The van der Waals surface area contributed by atoms with Gasteiger partial charge < -0.3 is 5.32 Å². The smallest absolute Gasteiger partial charge is 0.264 e. The number of nitrogens with one attached hydrogen (secondary N) is 1. The number of carbonyl (C=O) groups is 1. The van der Waals surface area contributed by atoms with Gasteiger partial charge >= 0.3 is 0 Å². The van der Waals surface area contributed by atoms with Crippen LogP contribution in [0.2, 0.25) is 0 Å². The largest absolute Gasteiger partial charge is 0.325 e. The number of amides is 1. The lowest BCUT2D eigenvalue weighted by Crippen LogP contribution is -2.22. The number of hydrogen-bond acceptors (Lipinski definition) is 5. The minimum atomic E-state index is -4.22. The summed E-state index contributed by atoms with van der Waals surface area (Å²) >= 11 is 0. The Morgan fingerprint density at radius 1 is 1.32 bits per heavy atom. The highest BCUT2D eigenvalue weighted by Crippen LogP contribution is 2.22. The number of carbonyl (C=O) groups excluding carboxylic acids is 1. The summed E-state index contributed by atoms with van der Waals surface area (Å²) < 4.78 is 57.0. The summed E-state index contributed by atoms with van der Waals surface area (Å²) in [4.78, 5) is 10.5. The number of sulfone groups is 1. The first-order valence-corrected chi connectivity index (χ1v) is 9.08. The molecule has 10 heteroatoms. The maximum absolute atomic E-state index is 13.4. The van der Waals surface area contributed by atoms with E-state index in [0.717, 1.165) is 24.5 Å². The van der Waals surface area contributed by atoms with Crippen LogP contribution in [0.1, 0.15) is 0 Å². The summed E-state index contributed by atoms with van der Waals surface area (Å²) in [5, 5.41) is 2.12. The van der Waals surface area contributed by atoms with E-state index in [2.05, 4.69) is 5.32 Å². The Morgan fingerprint density at radius 3 is 2.32 bits per heavy atom. The van der Waals surface area contributed by atoms with Crippen molar-refractivity contribution < 1.29 is 26.0 Å². The first-order chi connectivity index (χ1) is 8.49. The van der Waals surface area contributed by atoms with E-state index in [9.17, 15) is 26.0 Å². The van der Waals surface area contributed by atoms with Crippen molar-refractivity contribution in [2.24, 2.45) is 0 Å². The number of halogens is 2. The van der Waals surface area contributed by atoms with Gasteiger partial charge in [-0.1, -0.05) is 0 Å². The molecule has 0 aliphatic heterocycles. The second-order valence-electron chi connectivity index (χ2n) is 3.70. The molecule has 106 valence electrons. The maximum atomic E-state index is 13.4. The lowest BCUT2D eigenvalue weighted by molar-refractivity contribution is -0.113. The van der Waals surface area contributed by atoms with Gasteiger partial charge in [-0.05, 0) is 18.2 Å².